The standard InChI is InChI=1S/C28H15Cl2F10NO3/c29-26(30)23(11-1-3-18(32)16(6-11)27(35,36)37)24(26)25(44)41-14-2-4-17(31)15(9-14)21(42)7-12-5-13(20(34)10-19(12)33)8-22(43)28(38,39)40/h1-6,9-10,23-24H,7-8H2,(H,41,44)/t23-,24+/m0/s1. The molecule has 4 rings (SSSR count). The van der Waals surface area contributed by atoms with E-state index < -0.39 is 104 Å². The molecule has 2 atom stereocenters. The van der Waals surface area contributed by atoms with Crippen LogP contribution in [0.5, 0.6) is 0 Å². The lowest BCUT2D eigenvalue weighted by atomic mass is 9.98. The third-order valence-corrected chi connectivity index (χ3v) is 7.70. The molecule has 1 aliphatic rings. The first kappa shape index (κ1) is 33.2. The number of alkyl halides is 8. The van der Waals surface area contributed by atoms with Crippen LogP contribution in [0.1, 0.15) is 38.5 Å². The second kappa shape index (κ2) is 11.7. The molecule has 1 aliphatic carbocycles. The van der Waals surface area contributed by atoms with Crippen molar-refractivity contribution in [3.63, 3.8) is 0 Å². The highest BCUT2D eigenvalue weighted by atomic mass is 35.5. The number of rotatable bonds is 8. The fraction of sp³-hybridized carbons (Fsp3) is 0.250. The Morgan fingerprint density at radius 3 is 1.93 bits per heavy atom. The van der Waals surface area contributed by atoms with Gasteiger partial charge in [-0.3, -0.25) is 14.4 Å². The molecule has 3 aromatic rings. The van der Waals surface area contributed by atoms with Gasteiger partial charge in [0.15, 0.2) is 5.78 Å². The smallest absolute Gasteiger partial charge is 0.326 e. The van der Waals surface area contributed by atoms with E-state index in [1.807, 2.05) is 0 Å². The maximum absolute atomic E-state index is 14.5. The van der Waals surface area contributed by atoms with Gasteiger partial charge in [-0.15, -0.1) is 23.2 Å². The SMILES string of the molecule is O=C(Cc1cc(CC(=O)C(F)(F)F)c(F)cc1F)c1cc(NC(=O)[C@H]2[C@H](c3ccc(F)c(C(F)(F)F)c3)C2(Cl)Cl)ccc1F. The predicted molar refractivity (Wildman–Crippen MR) is 136 cm³/mol. The summed E-state index contributed by atoms with van der Waals surface area (Å²) in [6.07, 6.45) is -12.8. The third kappa shape index (κ3) is 6.85. The number of hydrogen-bond donors (Lipinski definition) is 1. The lowest BCUT2D eigenvalue weighted by Gasteiger charge is -2.11. The van der Waals surface area contributed by atoms with E-state index in [-0.39, 0.29) is 17.3 Å². The Bertz CT molecular complexity index is 1670. The Morgan fingerprint density at radius 2 is 1.34 bits per heavy atom. The molecule has 1 fully saturated rings. The molecule has 4 nitrogen and oxygen atoms in total. The van der Waals surface area contributed by atoms with Gasteiger partial charge in [-0.1, -0.05) is 6.07 Å². The lowest BCUT2D eigenvalue weighted by molar-refractivity contribution is -0.170. The molecule has 1 N–H and O–H groups in total. The lowest BCUT2D eigenvalue weighted by Crippen LogP contribution is -2.25. The fourth-order valence-electron chi connectivity index (χ4n) is 4.52. The van der Waals surface area contributed by atoms with Crippen LogP contribution >= 0.6 is 23.2 Å². The van der Waals surface area contributed by atoms with Crippen LogP contribution < -0.4 is 5.32 Å². The van der Waals surface area contributed by atoms with Crippen molar-refractivity contribution in [3.8, 4) is 0 Å². The van der Waals surface area contributed by atoms with Gasteiger partial charge in [-0.25, -0.2) is 17.6 Å². The summed E-state index contributed by atoms with van der Waals surface area (Å²) in [7, 11) is 0. The van der Waals surface area contributed by atoms with Crippen molar-refractivity contribution in [2.75, 3.05) is 5.32 Å². The summed E-state index contributed by atoms with van der Waals surface area (Å²) in [4.78, 5) is 37.0. The van der Waals surface area contributed by atoms with Gasteiger partial charge >= 0.3 is 12.4 Å². The van der Waals surface area contributed by atoms with Crippen molar-refractivity contribution in [2.45, 2.75) is 35.4 Å². The van der Waals surface area contributed by atoms with Crippen LogP contribution in [0.4, 0.5) is 49.6 Å². The van der Waals surface area contributed by atoms with Crippen molar-refractivity contribution in [2.24, 2.45) is 5.92 Å². The van der Waals surface area contributed by atoms with Crippen molar-refractivity contribution in [1.82, 2.24) is 0 Å². The van der Waals surface area contributed by atoms with E-state index >= 15 is 0 Å². The molecule has 0 aromatic heterocycles. The van der Waals surface area contributed by atoms with Crippen LogP contribution in [0.25, 0.3) is 0 Å². The van der Waals surface area contributed by atoms with E-state index in [1.165, 1.54) is 0 Å². The molecule has 234 valence electrons. The molecule has 0 radical (unpaired) electrons. The molecule has 3 aromatic carbocycles. The Hall–Kier alpha value is -3.65. The van der Waals surface area contributed by atoms with Crippen molar-refractivity contribution in [3.05, 3.63) is 99.6 Å². The first-order valence-corrected chi connectivity index (χ1v) is 12.9. The zero-order valence-corrected chi connectivity index (χ0v) is 23.0. The number of nitrogens with one attached hydrogen (secondary N) is 1. The quantitative estimate of drug-likeness (QED) is 0.150. The molecule has 1 amide bonds. The van der Waals surface area contributed by atoms with Crippen molar-refractivity contribution in [1.29, 1.82) is 0 Å². The predicted octanol–water partition coefficient (Wildman–Crippen LogP) is 7.89. The Labute approximate surface area is 250 Å². The number of hydrogen-bond acceptors (Lipinski definition) is 3. The van der Waals surface area contributed by atoms with E-state index in [0.717, 1.165) is 24.3 Å². The number of carbonyl (C=O) groups is 3. The summed E-state index contributed by atoms with van der Waals surface area (Å²) >= 11 is 12.3. The zero-order valence-electron chi connectivity index (χ0n) is 21.4. The minimum Gasteiger partial charge on any atom is -0.326 e. The van der Waals surface area contributed by atoms with Crippen LogP contribution in [-0.2, 0) is 28.6 Å². The van der Waals surface area contributed by atoms with E-state index in [9.17, 15) is 58.3 Å². The number of amides is 1. The number of ketones is 2. The molecule has 0 aliphatic heterocycles. The largest absolute Gasteiger partial charge is 0.450 e. The van der Waals surface area contributed by atoms with Crippen LogP contribution in [0.2, 0.25) is 0 Å². The summed E-state index contributed by atoms with van der Waals surface area (Å²) in [5.74, 6) is -12.6. The highest BCUT2D eigenvalue weighted by molar-refractivity contribution is 6.53. The summed E-state index contributed by atoms with van der Waals surface area (Å²) in [5.41, 5.74) is -4.28. The van der Waals surface area contributed by atoms with Gasteiger partial charge < -0.3 is 5.32 Å². The highest BCUT2D eigenvalue weighted by Gasteiger charge is 2.67. The van der Waals surface area contributed by atoms with Gasteiger partial charge in [0.2, 0.25) is 11.7 Å². The second-order valence-corrected chi connectivity index (χ2v) is 11.2. The van der Waals surface area contributed by atoms with E-state index in [2.05, 4.69) is 5.32 Å². The number of halogens is 12. The fourth-order valence-corrected chi connectivity index (χ4v) is 5.34. The first-order chi connectivity index (χ1) is 20.2. The van der Waals surface area contributed by atoms with E-state index in [1.54, 1.807) is 0 Å². The van der Waals surface area contributed by atoms with Gasteiger partial charge in [0, 0.05) is 30.5 Å². The van der Waals surface area contributed by atoms with Crippen LogP contribution in [0, 0.1) is 29.2 Å². The molecule has 16 heteroatoms. The van der Waals surface area contributed by atoms with Crippen LogP contribution in [-0.4, -0.2) is 28.0 Å². The summed E-state index contributed by atoms with van der Waals surface area (Å²) in [6.45, 7) is 0. The summed E-state index contributed by atoms with van der Waals surface area (Å²) < 4.78 is 132. The first-order valence-electron chi connectivity index (χ1n) is 12.2. The van der Waals surface area contributed by atoms with E-state index in [4.69, 9.17) is 23.2 Å². The third-order valence-electron chi connectivity index (χ3n) is 6.76. The molecular weight excluding hydrogens is 659 g/mol. The molecule has 0 spiro atoms. The molecular formula is C28H15Cl2F10NO3. The Kier molecular flexibility index (Phi) is 8.84. The minimum absolute atomic E-state index is 0.171. The molecule has 0 saturated heterocycles. The topological polar surface area (TPSA) is 63.2 Å². The van der Waals surface area contributed by atoms with Gasteiger partial charge in [0.05, 0.1) is 17.0 Å². The molecule has 0 heterocycles. The minimum atomic E-state index is -5.30. The van der Waals surface area contributed by atoms with Gasteiger partial charge in [-0.2, -0.15) is 26.3 Å². The maximum atomic E-state index is 14.5. The van der Waals surface area contributed by atoms with Crippen LogP contribution in [0.3, 0.4) is 0 Å². The second-order valence-electron chi connectivity index (χ2n) is 9.78. The van der Waals surface area contributed by atoms with Crippen LogP contribution in [0.15, 0.2) is 48.5 Å². The monoisotopic (exact) mass is 673 g/mol. The Morgan fingerprint density at radius 1 is 0.750 bits per heavy atom. The highest BCUT2D eigenvalue weighted by Crippen LogP contribution is 2.65. The molecule has 44 heavy (non-hydrogen) atoms. The molecule has 0 bridgehead atoms. The summed E-state index contributed by atoms with van der Waals surface area (Å²) in [6, 6.07) is 5.19. The average molecular weight is 674 g/mol. The van der Waals surface area contributed by atoms with Gasteiger partial charge in [0.25, 0.3) is 0 Å². The van der Waals surface area contributed by atoms with Crippen molar-refractivity contribution < 1.29 is 58.3 Å². The maximum Gasteiger partial charge on any atom is 0.450 e. The average Bonchev–Trinajstić information content (AvgIpc) is 3.48. The zero-order chi connectivity index (χ0) is 32.9. The number of Topliss-reactive ketones (excluding diaryl/α,β-unsaturated/α-hetero) is 2. The molecule has 1 saturated carbocycles. The number of benzene rings is 3. The van der Waals surface area contributed by atoms with Gasteiger partial charge in [0.1, 0.15) is 27.6 Å². The number of carbonyl (C=O) groups excluding carboxylic acids is 3. The number of anilines is 1. The molecule has 0 unspecified atom stereocenters. The summed E-state index contributed by atoms with van der Waals surface area (Å²) in [5, 5.41) is 2.27. The van der Waals surface area contributed by atoms with Gasteiger partial charge in [-0.05, 0) is 53.1 Å². The van der Waals surface area contributed by atoms with Crippen molar-refractivity contribution >= 4 is 46.4 Å². The Balaban J connectivity index is 1.53. The normalized spacial score (nSPS) is 17.7. The van der Waals surface area contributed by atoms with E-state index in [0.29, 0.717) is 18.2 Å².